The fourth-order valence-electron chi connectivity index (χ4n) is 1.94. The Morgan fingerprint density at radius 2 is 2.16 bits per heavy atom. The molecule has 0 radical (unpaired) electrons. The number of rotatable bonds is 4. The molecule has 19 heavy (non-hydrogen) atoms. The molecule has 1 aromatic carbocycles. The molecule has 0 bridgehead atoms. The van der Waals surface area contributed by atoms with Crippen LogP contribution in [0.1, 0.15) is 4.88 Å². The van der Waals surface area contributed by atoms with Gasteiger partial charge in [-0.25, -0.2) is 0 Å². The number of carbonyl (C=O) groups excluding carboxylic acids is 1. The van der Waals surface area contributed by atoms with Crippen molar-refractivity contribution in [1.82, 2.24) is 15.1 Å². The van der Waals surface area contributed by atoms with Crippen LogP contribution in [0, 0.1) is 0 Å². The predicted molar refractivity (Wildman–Crippen MR) is 75.9 cm³/mol. The van der Waals surface area contributed by atoms with Crippen molar-refractivity contribution in [3.05, 3.63) is 52.9 Å². The molecule has 0 unspecified atom stereocenters. The molecule has 0 fully saturated rings. The summed E-state index contributed by atoms with van der Waals surface area (Å²) in [7, 11) is 0. The standard InChI is InChI=1S/C14H13N3OS/c18-14(15-9-12-5-3-7-19-12)10-17-13-6-2-1-4-11(13)8-16-17/h1-8H,9-10H2,(H,15,18). The van der Waals surface area contributed by atoms with Gasteiger partial charge in [-0.05, 0) is 17.5 Å². The predicted octanol–water partition coefficient (Wildman–Crippen LogP) is 2.41. The molecule has 96 valence electrons. The Balaban J connectivity index is 1.66. The number of benzene rings is 1. The first-order valence-electron chi connectivity index (χ1n) is 6.02. The number of thiophene rings is 1. The fraction of sp³-hybridized carbons (Fsp3) is 0.143. The van der Waals surface area contributed by atoms with Crippen LogP contribution in [0.15, 0.2) is 48.0 Å². The van der Waals surface area contributed by atoms with Gasteiger partial charge in [0.05, 0.1) is 18.3 Å². The largest absolute Gasteiger partial charge is 0.350 e. The van der Waals surface area contributed by atoms with Crippen LogP contribution in [0.3, 0.4) is 0 Å². The minimum Gasteiger partial charge on any atom is -0.350 e. The number of carbonyl (C=O) groups is 1. The summed E-state index contributed by atoms with van der Waals surface area (Å²) in [5.74, 6) is -0.0257. The second-order valence-corrected chi connectivity index (χ2v) is 5.25. The molecule has 2 heterocycles. The van der Waals surface area contributed by atoms with Gasteiger partial charge in [0, 0.05) is 10.3 Å². The topological polar surface area (TPSA) is 46.9 Å². The third kappa shape index (κ3) is 2.66. The van der Waals surface area contributed by atoms with Crippen molar-refractivity contribution in [1.29, 1.82) is 0 Å². The maximum absolute atomic E-state index is 11.9. The molecule has 3 aromatic rings. The molecule has 1 amide bonds. The molecule has 0 spiro atoms. The van der Waals surface area contributed by atoms with Crippen molar-refractivity contribution in [3.8, 4) is 0 Å². The molecule has 4 nitrogen and oxygen atoms in total. The fourth-order valence-corrected chi connectivity index (χ4v) is 2.59. The summed E-state index contributed by atoms with van der Waals surface area (Å²) in [6.07, 6.45) is 1.78. The third-order valence-corrected chi connectivity index (χ3v) is 3.76. The highest BCUT2D eigenvalue weighted by molar-refractivity contribution is 7.09. The van der Waals surface area contributed by atoms with Gasteiger partial charge in [-0.1, -0.05) is 24.3 Å². The summed E-state index contributed by atoms with van der Waals surface area (Å²) in [4.78, 5) is 13.0. The van der Waals surface area contributed by atoms with Gasteiger partial charge in [0.2, 0.25) is 5.91 Å². The Morgan fingerprint density at radius 1 is 1.26 bits per heavy atom. The second kappa shape index (κ2) is 5.24. The molecule has 3 rings (SSSR count). The van der Waals surface area contributed by atoms with Gasteiger partial charge in [0.25, 0.3) is 0 Å². The maximum atomic E-state index is 11.9. The Hall–Kier alpha value is -2.14. The molecule has 0 aliphatic carbocycles. The van der Waals surface area contributed by atoms with E-state index in [4.69, 9.17) is 0 Å². The van der Waals surface area contributed by atoms with Gasteiger partial charge in [-0.3, -0.25) is 9.48 Å². The molecule has 0 aliphatic heterocycles. The Morgan fingerprint density at radius 3 is 3.00 bits per heavy atom. The normalized spacial score (nSPS) is 10.7. The maximum Gasteiger partial charge on any atom is 0.242 e. The van der Waals surface area contributed by atoms with Crippen LogP contribution in [-0.4, -0.2) is 15.7 Å². The van der Waals surface area contributed by atoms with E-state index in [0.29, 0.717) is 6.54 Å². The molecule has 0 atom stereocenters. The Kier molecular flexibility index (Phi) is 3.29. The Bertz CT molecular complexity index is 688. The van der Waals surface area contributed by atoms with Gasteiger partial charge in [0.1, 0.15) is 6.54 Å². The van der Waals surface area contributed by atoms with Gasteiger partial charge < -0.3 is 5.32 Å². The van der Waals surface area contributed by atoms with Gasteiger partial charge >= 0.3 is 0 Å². The van der Waals surface area contributed by atoms with E-state index in [-0.39, 0.29) is 12.5 Å². The van der Waals surface area contributed by atoms with Crippen LogP contribution in [-0.2, 0) is 17.9 Å². The van der Waals surface area contributed by atoms with Crippen molar-refractivity contribution < 1.29 is 4.79 Å². The van der Waals surface area contributed by atoms with E-state index in [9.17, 15) is 4.79 Å². The number of fused-ring (bicyclic) bond motifs is 1. The number of hydrogen-bond acceptors (Lipinski definition) is 3. The summed E-state index contributed by atoms with van der Waals surface area (Å²) in [6, 6.07) is 11.9. The molecule has 0 saturated heterocycles. The second-order valence-electron chi connectivity index (χ2n) is 4.22. The summed E-state index contributed by atoms with van der Waals surface area (Å²) in [5, 5.41) is 10.2. The smallest absolute Gasteiger partial charge is 0.242 e. The quantitative estimate of drug-likeness (QED) is 0.792. The third-order valence-electron chi connectivity index (χ3n) is 2.88. The average Bonchev–Trinajstić information content (AvgIpc) is 3.07. The zero-order chi connectivity index (χ0) is 13.1. The van der Waals surface area contributed by atoms with Crippen molar-refractivity contribution >= 4 is 28.1 Å². The average molecular weight is 271 g/mol. The highest BCUT2D eigenvalue weighted by Crippen LogP contribution is 2.12. The monoisotopic (exact) mass is 271 g/mol. The van der Waals surface area contributed by atoms with E-state index in [1.807, 2.05) is 41.8 Å². The van der Waals surface area contributed by atoms with Crippen LogP contribution in [0.5, 0.6) is 0 Å². The van der Waals surface area contributed by atoms with E-state index in [2.05, 4.69) is 10.4 Å². The summed E-state index contributed by atoms with van der Waals surface area (Å²) >= 11 is 1.64. The minimum atomic E-state index is -0.0257. The van der Waals surface area contributed by atoms with E-state index in [1.165, 1.54) is 0 Å². The summed E-state index contributed by atoms with van der Waals surface area (Å²) in [6.45, 7) is 0.828. The van der Waals surface area contributed by atoms with Crippen molar-refractivity contribution in [3.63, 3.8) is 0 Å². The molecule has 0 saturated carbocycles. The number of hydrogen-bond donors (Lipinski definition) is 1. The van der Waals surface area contributed by atoms with E-state index < -0.39 is 0 Å². The first-order valence-corrected chi connectivity index (χ1v) is 6.90. The lowest BCUT2D eigenvalue weighted by Crippen LogP contribution is -2.27. The number of para-hydroxylation sites is 1. The van der Waals surface area contributed by atoms with Crippen LogP contribution in [0.2, 0.25) is 0 Å². The van der Waals surface area contributed by atoms with Gasteiger partial charge in [-0.2, -0.15) is 5.10 Å². The zero-order valence-corrected chi connectivity index (χ0v) is 11.1. The molecule has 2 aromatic heterocycles. The van der Waals surface area contributed by atoms with Crippen LogP contribution < -0.4 is 5.32 Å². The number of amides is 1. The van der Waals surface area contributed by atoms with Crippen molar-refractivity contribution in [2.75, 3.05) is 0 Å². The SMILES string of the molecule is O=C(Cn1ncc2ccccc21)NCc1cccs1. The lowest BCUT2D eigenvalue weighted by molar-refractivity contribution is -0.121. The van der Waals surface area contributed by atoms with Gasteiger partial charge in [0.15, 0.2) is 0 Å². The molecule has 1 N–H and O–H groups in total. The zero-order valence-electron chi connectivity index (χ0n) is 10.2. The first-order chi connectivity index (χ1) is 9.33. The number of nitrogens with zero attached hydrogens (tertiary/aromatic N) is 2. The first kappa shape index (κ1) is 11.9. The lowest BCUT2D eigenvalue weighted by Gasteiger charge is -2.05. The highest BCUT2D eigenvalue weighted by Gasteiger charge is 2.07. The van der Waals surface area contributed by atoms with Crippen molar-refractivity contribution in [2.24, 2.45) is 0 Å². The van der Waals surface area contributed by atoms with Crippen LogP contribution in [0.4, 0.5) is 0 Å². The molecule has 0 aliphatic rings. The highest BCUT2D eigenvalue weighted by atomic mass is 32.1. The summed E-state index contributed by atoms with van der Waals surface area (Å²) in [5.41, 5.74) is 0.980. The van der Waals surface area contributed by atoms with E-state index >= 15 is 0 Å². The van der Waals surface area contributed by atoms with E-state index in [1.54, 1.807) is 22.2 Å². The minimum absolute atomic E-state index is 0.0257. The number of nitrogens with one attached hydrogen (secondary N) is 1. The van der Waals surface area contributed by atoms with Crippen molar-refractivity contribution in [2.45, 2.75) is 13.1 Å². The molecular weight excluding hydrogens is 258 g/mol. The number of aromatic nitrogens is 2. The van der Waals surface area contributed by atoms with E-state index in [0.717, 1.165) is 15.8 Å². The molecule has 5 heteroatoms. The van der Waals surface area contributed by atoms with Crippen LogP contribution in [0.25, 0.3) is 10.9 Å². The van der Waals surface area contributed by atoms with Crippen LogP contribution >= 0.6 is 11.3 Å². The lowest BCUT2D eigenvalue weighted by atomic mass is 10.2. The summed E-state index contributed by atoms with van der Waals surface area (Å²) < 4.78 is 1.72. The Labute approximate surface area is 114 Å². The molecular formula is C14H13N3OS. The van der Waals surface area contributed by atoms with Gasteiger partial charge in [-0.15, -0.1) is 11.3 Å².